The van der Waals surface area contributed by atoms with Crippen molar-refractivity contribution in [2.45, 2.75) is 82.5 Å². The number of nitrogens with one attached hydrogen (secondary N) is 1. The first kappa shape index (κ1) is 24.3. The lowest BCUT2D eigenvalue weighted by Crippen LogP contribution is -2.52. The molecule has 5 rings (SSSR count). The fraction of sp³-hybridized carbons (Fsp3) is 0.667. The van der Waals surface area contributed by atoms with E-state index in [1.807, 2.05) is 25.3 Å². The second-order valence-corrected chi connectivity index (χ2v) is 10.6. The monoisotopic (exact) mass is 483 g/mol. The van der Waals surface area contributed by atoms with E-state index in [0.29, 0.717) is 37.3 Å². The number of fused-ring (bicyclic) bond motifs is 1. The van der Waals surface area contributed by atoms with Crippen LogP contribution in [0.1, 0.15) is 73.7 Å². The average molecular weight is 484 g/mol. The molecule has 3 amide bonds. The van der Waals surface area contributed by atoms with Crippen LogP contribution in [0.5, 0.6) is 5.75 Å². The van der Waals surface area contributed by atoms with E-state index >= 15 is 0 Å². The summed E-state index contributed by atoms with van der Waals surface area (Å²) in [5.74, 6) is 0.708. The molecular formula is C27H37N3O5. The van der Waals surface area contributed by atoms with Crippen LogP contribution in [0.4, 0.5) is 0 Å². The number of carbonyl (C=O) groups excluding carboxylic acids is 3. The molecule has 0 bridgehead atoms. The summed E-state index contributed by atoms with van der Waals surface area (Å²) in [5.41, 5.74) is 1.50. The second-order valence-electron chi connectivity index (χ2n) is 10.6. The van der Waals surface area contributed by atoms with Crippen LogP contribution < -0.4 is 10.1 Å². The molecule has 1 saturated carbocycles. The quantitative estimate of drug-likeness (QED) is 0.600. The highest BCUT2D eigenvalue weighted by Gasteiger charge is 2.39. The van der Waals surface area contributed by atoms with Crippen LogP contribution >= 0.6 is 0 Å². The fourth-order valence-corrected chi connectivity index (χ4v) is 6.20. The molecule has 35 heavy (non-hydrogen) atoms. The predicted octanol–water partition coefficient (Wildman–Crippen LogP) is 2.89. The summed E-state index contributed by atoms with van der Waals surface area (Å²) >= 11 is 0. The van der Waals surface area contributed by atoms with E-state index in [0.717, 1.165) is 36.7 Å². The van der Waals surface area contributed by atoms with Crippen molar-refractivity contribution in [2.24, 2.45) is 5.92 Å². The molecule has 3 aliphatic heterocycles. The van der Waals surface area contributed by atoms with Crippen LogP contribution in [0.2, 0.25) is 0 Å². The summed E-state index contributed by atoms with van der Waals surface area (Å²) < 4.78 is 11.8. The maximum Gasteiger partial charge on any atom is 0.255 e. The highest BCUT2D eigenvalue weighted by Crippen LogP contribution is 2.32. The van der Waals surface area contributed by atoms with Gasteiger partial charge in [-0.05, 0) is 81.2 Å². The molecule has 0 aromatic heterocycles. The maximum atomic E-state index is 12.9. The predicted molar refractivity (Wildman–Crippen MR) is 130 cm³/mol. The Labute approximate surface area is 207 Å². The van der Waals surface area contributed by atoms with Crippen molar-refractivity contribution < 1.29 is 23.9 Å². The van der Waals surface area contributed by atoms with Crippen LogP contribution in [-0.4, -0.2) is 72.5 Å². The van der Waals surface area contributed by atoms with Crippen LogP contribution in [-0.2, 0) is 20.9 Å². The third-order valence-electron chi connectivity index (χ3n) is 8.31. The van der Waals surface area contributed by atoms with Crippen molar-refractivity contribution in [3.63, 3.8) is 0 Å². The number of hydrogen-bond acceptors (Lipinski definition) is 6. The SMILES string of the molecule is COC1CCC(CN2CCCCC2COc2ccc3c(c2)CN(C2CCC(=O)NC2=O)C3=O)CC1. The third-order valence-corrected chi connectivity index (χ3v) is 8.31. The zero-order valence-corrected chi connectivity index (χ0v) is 20.7. The summed E-state index contributed by atoms with van der Waals surface area (Å²) in [6.07, 6.45) is 9.52. The zero-order chi connectivity index (χ0) is 24.4. The van der Waals surface area contributed by atoms with E-state index in [9.17, 15) is 14.4 Å². The van der Waals surface area contributed by atoms with Gasteiger partial charge < -0.3 is 14.4 Å². The molecule has 8 heteroatoms. The highest BCUT2D eigenvalue weighted by atomic mass is 16.5. The third kappa shape index (κ3) is 5.38. The Morgan fingerprint density at radius 1 is 1.03 bits per heavy atom. The largest absolute Gasteiger partial charge is 0.492 e. The van der Waals surface area contributed by atoms with Gasteiger partial charge in [0, 0.05) is 38.2 Å². The molecule has 2 atom stereocenters. The van der Waals surface area contributed by atoms with E-state index in [1.54, 1.807) is 4.90 Å². The number of imide groups is 1. The summed E-state index contributed by atoms with van der Waals surface area (Å²) in [5, 5.41) is 2.35. The molecule has 1 N–H and O–H groups in total. The van der Waals surface area contributed by atoms with Crippen molar-refractivity contribution in [3.05, 3.63) is 29.3 Å². The summed E-state index contributed by atoms with van der Waals surface area (Å²) in [7, 11) is 1.82. The smallest absolute Gasteiger partial charge is 0.255 e. The van der Waals surface area contributed by atoms with Crippen LogP contribution in [0.25, 0.3) is 0 Å². The first-order valence-electron chi connectivity index (χ1n) is 13.2. The Balaban J connectivity index is 1.17. The Morgan fingerprint density at radius 3 is 2.63 bits per heavy atom. The normalized spacial score (nSPS) is 29.7. The van der Waals surface area contributed by atoms with Crippen LogP contribution in [0.15, 0.2) is 18.2 Å². The summed E-state index contributed by atoms with van der Waals surface area (Å²) in [4.78, 5) is 40.9. The van der Waals surface area contributed by atoms with Gasteiger partial charge in [-0.25, -0.2) is 0 Å². The lowest BCUT2D eigenvalue weighted by atomic mass is 9.86. The van der Waals surface area contributed by atoms with E-state index in [4.69, 9.17) is 9.47 Å². The van der Waals surface area contributed by atoms with Crippen molar-refractivity contribution >= 4 is 17.7 Å². The zero-order valence-electron chi connectivity index (χ0n) is 20.7. The number of ether oxygens (including phenoxy) is 2. The van der Waals surface area contributed by atoms with E-state index in [-0.39, 0.29) is 24.1 Å². The topological polar surface area (TPSA) is 88.2 Å². The van der Waals surface area contributed by atoms with Crippen LogP contribution in [0, 0.1) is 5.92 Å². The number of carbonyl (C=O) groups is 3. The molecule has 2 unspecified atom stereocenters. The number of rotatable bonds is 7. The van der Waals surface area contributed by atoms with Gasteiger partial charge in [0.15, 0.2) is 0 Å². The first-order chi connectivity index (χ1) is 17.0. The van der Waals surface area contributed by atoms with E-state index in [1.165, 1.54) is 38.5 Å². The number of methoxy groups -OCH3 is 1. The Bertz CT molecular complexity index is 958. The number of hydrogen-bond donors (Lipinski definition) is 1. The molecule has 1 aromatic rings. The molecule has 0 radical (unpaired) electrons. The van der Waals surface area contributed by atoms with Crippen LogP contribution in [0.3, 0.4) is 0 Å². The van der Waals surface area contributed by atoms with Gasteiger partial charge in [0.25, 0.3) is 5.91 Å². The van der Waals surface area contributed by atoms with Gasteiger partial charge in [-0.2, -0.15) is 0 Å². The molecule has 2 saturated heterocycles. The molecule has 3 fully saturated rings. The van der Waals surface area contributed by atoms with E-state index < -0.39 is 6.04 Å². The first-order valence-corrected chi connectivity index (χ1v) is 13.2. The standard InChI is InChI=1S/C27H37N3O5/c1-34-21-7-5-18(6-8-21)15-29-13-3-2-4-20(29)17-35-22-9-10-23-19(14-22)16-30(27(23)33)24-11-12-25(31)28-26(24)32/h9-10,14,18,20-21,24H,2-8,11-13,15-17H2,1H3,(H,28,31,32). The lowest BCUT2D eigenvalue weighted by molar-refractivity contribution is -0.136. The Hall–Kier alpha value is -2.45. The Kier molecular flexibility index (Phi) is 7.39. The molecule has 8 nitrogen and oxygen atoms in total. The molecule has 190 valence electrons. The summed E-state index contributed by atoms with van der Waals surface area (Å²) in [6, 6.07) is 5.44. The number of benzene rings is 1. The molecule has 3 heterocycles. The summed E-state index contributed by atoms with van der Waals surface area (Å²) in [6.45, 7) is 3.30. The molecule has 4 aliphatic rings. The van der Waals surface area contributed by atoms with Gasteiger partial charge in [-0.1, -0.05) is 6.42 Å². The van der Waals surface area contributed by atoms with Gasteiger partial charge in [0.05, 0.1) is 6.10 Å². The molecule has 0 spiro atoms. The number of piperidine rings is 2. The minimum atomic E-state index is -0.591. The van der Waals surface area contributed by atoms with Gasteiger partial charge in [-0.15, -0.1) is 0 Å². The van der Waals surface area contributed by atoms with Crippen molar-refractivity contribution in [3.8, 4) is 5.75 Å². The minimum absolute atomic E-state index is 0.150. The Morgan fingerprint density at radius 2 is 1.86 bits per heavy atom. The number of likely N-dealkylation sites (tertiary alicyclic amines) is 1. The fourth-order valence-electron chi connectivity index (χ4n) is 6.20. The molecule has 1 aliphatic carbocycles. The van der Waals surface area contributed by atoms with Gasteiger partial charge in [0.2, 0.25) is 11.8 Å². The minimum Gasteiger partial charge on any atom is -0.492 e. The number of nitrogens with zero attached hydrogens (tertiary/aromatic N) is 2. The lowest BCUT2D eigenvalue weighted by Gasteiger charge is -2.39. The second kappa shape index (κ2) is 10.7. The average Bonchev–Trinajstić information content (AvgIpc) is 3.19. The highest BCUT2D eigenvalue weighted by molar-refractivity contribution is 6.05. The molecular weight excluding hydrogens is 446 g/mol. The van der Waals surface area contributed by atoms with E-state index in [2.05, 4.69) is 10.2 Å². The van der Waals surface area contributed by atoms with Gasteiger partial charge in [0.1, 0.15) is 18.4 Å². The van der Waals surface area contributed by atoms with Crippen molar-refractivity contribution in [1.82, 2.24) is 15.1 Å². The number of amides is 3. The molecule has 1 aromatic carbocycles. The van der Waals surface area contributed by atoms with Crippen molar-refractivity contribution in [2.75, 3.05) is 26.8 Å². The van der Waals surface area contributed by atoms with Crippen molar-refractivity contribution in [1.29, 1.82) is 0 Å². The van der Waals surface area contributed by atoms with Gasteiger partial charge >= 0.3 is 0 Å². The van der Waals surface area contributed by atoms with Gasteiger partial charge in [-0.3, -0.25) is 24.6 Å². The maximum absolute atomic E-state index is 12.9.